The summed E-state index contributed by atoms with van der Waals surface area (Å²) >= 11 is 4.12. The maximum Gasteiger partial charge on any atom is 0.0713 e. The minimum atomic E-state index is 0.995. The summed E-state index contributed by atoms with van der Waals surface area (Å²) in [5.41, 5.74) is 1.23. The third kappa shape index (κ3) is 9.59. The molecule has 0 amide bonds. The van der Waals surface area contributed by atoms with E-state index in [1.54, 1.807) is 11.9 Å². The van der Waals surface area contributed by atoms with Crippen molar-refractivity contribution >= 4 is 34.8 Å². The third-order valence-corrected chi connectivity index (χ3v) is 4.17. The van der Waals surface area contributed by atoms with Gasteiger partial charge < -0.3 is 0 Å². The predicted octanol–water partition coefficient (Wildman–Crippen LogP) is 5.85. The smallest absolute Gasteiger partial charge is 0.0713 e. The summed E-state index contributed by atoms with van der Waals surface area (Å²) in [7, 11) is 0. The first-order valence-corrected chi connectivity index (χ1v) is 7.97. The lowest BCUT2D eigenvalue weighted by molar-refractivity contribution is 1.02. The normalized spacial score (nSPS) is 13.7. The predicted molar refractivity (Wildman–Crippen MR) is 94.6 cm³/mol. The maximum absolute atomic E-state index is 2.33. The topological polar surface area (TPSA) is 3.24 Å². The lowest BCUT2D eigenvalue weighted by Crippen LogP contribution is -1.98. The highest BCUT2D eigenvalue weighted by Gasteiger charge is 2.00. The number of allylic oxidation sites excluding steroid dienone is 8. The highest BCUT2D eigenvalue weighted by Crippen LogP contribution is 2.23. The van der Waals surface area contributed by atoms with E-state index in [4.69, 9.17) is 0 Å². The van der Waals surface area contributed by atoms with Gasteiger partial charge in [0.15, 0.2) is 0 Å². The Kier molecular flexibility index (Phi) is 12.7. The summed E-state index contributed by atoms with van der Waals surface area (Å²) < 4.78 is 2.16. The van der Waals surface area contributed by atoms with Gasteiger partial charge in [0.25, 0.3) is 0 Å². The molecule has 3 heteroatoms. The van der Waals surface area contributed by atoms with Crippen LogP contribution in [0.5, 0.6) is 0 Å². The molecule has 0 N–H and O–H groups in total. The molecule has 0 aliphatic heterocycles. The standard InChI is InChI=1S/C15H22INS/c1-4-7-8-9-10-11-12-14-18-17(16)15(6-3)13-5-2/h4-9,11-13H,10,14H2,1-3H3/b7-4-,9-8-,12-11+,13-5-,15-6+. The Labute approximate surface area is 130 Å². The molecule has 1 nitrogen and oxygen atoms in total. The van der Waals surface area contributed by atoms with Gasteiger partial charge in [0.1, 0.15) is 0 Å². The monoisotopic (exact) mass is 375 g/mol. The van der Waals surface area contributed by atoms with Gasteiger partial charge in [-0.25, -0.2) is 0 Å². The molecule has 0 aliphatic carbocycles. The van der Waals surface area contributed by atoms with Crippen molar-refractivity contribution in [3.63, 3.8) is 0 Å². The average Bonchev–Trinajstić information content (AvgIpc) is 2.38. The number of halogens is 1. The van der Waals surface area contributed by atoms with Crippen molar-refractivity contribution in [2.24, 2.45) is 0 Å². The Morgan fingerprint density at radius 2 is 1.83 bits per heavy atom. The first-order valence-electron chi connectivity index (χ1n) is 6.06. The quantitative estimate of drug-likeness (QED) is 0.172. The van der Waals surface area contributed by atoms with Crippen LogP contribution in [-0.4, -0.2) is 8.27 Å². The van der Waals surface area contributed by atoms with Crippen LogP contribution in [0.3, 0.4) is 0 Å². The van der Waals surface area contributed by atoms with Crippen LogP contribution in [0.4, 0.5) is 0 Å². The van der Waals surface area contributed by atoms with Crippen LogP contribution >= 0.6 is 34.8 Å². The van der Waals surface area contributed by atoms with E-state index in [-0.39, 0.29) is 0 Å². The second-order valence-electron chi connectivity index (χ2n) is 3.42. The maximum atomic E-state index is 2.33. The van der Waals surface area contributed by atoms with E-state index in [1.165, 1.54) is 5.70 Å². The van der Waals surface area contributed by atoms with Gasteiger partial charge in [0.05, 0.1) is 28.6 Å². The van der Waals surface area contributed by atoms with Gasteiger partial charge in [-0.2, -0.15) is 0 Å². The summed E-state index contributed by atoms with van der Waals surface area (Å²) in [5, 5.41) is 0. The Balaban J connectivity index is 3.86. The molecule has 0 spiro atoms. The molecule has 18 heavy (non-hydrogen) atoms. The zero-order valence-corrected chi connectivity index (χ0v) is 14.3. The van der Waals surface area contributed by atoms with Gasteiger partial charge in [0, 0.05) is 5.75 Å². The SMILES string of the molecule is C/C=C\C=C/C/C=C/CSN(I)C(/C=C\C)=C/C. The Bertz CT molecular complexity index is 340. The zero-order chi connectivity index (χ0) is 13.6. The molecule has 0 aromatic rings. The second kappa shape index (κ2) is 13.0. The molecule has 0 radical (unpaired) electrons. The summed E-state index contributed by atoms with van der Waals surface area (Å²) in [6.07, 6.45) is 20.0. The Morgan fingerprint density at radius 3 is 2.44 bits per heavy atom. The first kappa shape index (κ1) is 17.6. The molecule has 0 saturated carbocycles. The summed E-state index contributed by atoms with van der Waals surface area (Å²) in [6.45, 7) is 6.12. The van der Waals surface area contributed by atoms with E-state index in [0.717, 1.165) is 12.2 Å². The number of nitrogens with zero attached hydrogens (tertiary/aromatic N) is 1. The molecule has 0 rings (SSSR count). The van der Waals surface area contributed by atoms with Crippen LogP contribution in [-0.2, 0) is 0 Å². The Hall–Kier alpha value is -0.420. The first-order chi connectivity index (χ1) is 8.76. The molecule has 0 bridgehead atoms. The lowest BCUT2D eigenvalue weighted by Gasteiger charge is -2.14. The molecule has 0 fully saturated rings. The molecule has 0 aromatic carbocycles. The molecule has 100 valence electrons. The van der Waals surface area contributed by atoms with Gasteiger partial charge >= 0.3 is 0 Å². The van der Waals surface area contributed by atoms with Crippen LogP contribution < -0.4 is 0 Å². The van der Waals surface area contributed by atoms with Crippen molar-refractivity contribution < 1.29 is 0 Å². The van der Waals surface area contributed by atoms with E-state index in [2.05, 4.69) is 74.8 Å². The molecule has 0 aliphatic rings. The number of hydrogen-bond acceptors (Lipinski definition) is 2. The van der Waals surface area contributed by atoms with Crippen molar-refractivity contribution in [3.05, 3.63) is 60.4 Å². The van der Waals surface area contributed by atoms with Gasteiger partial charge in [0.2, 0.25) is 0 Å². The van der Waals surface area contributed by atoms with E-state index >= 15 is 0 Å². The van der Waals surface area contributed by atoms with Gasteiger partial charge in [-0.3, -0.25) is 2.52 Å². The fraction of sp³-hybridized carbons (Fsp3) is 0.333. The molecule has 0 unspecified atom stereocenters. The number of rotatable bonds is 8. The number of hydrogen-bond donors (Lipinski definition) is 0. The largest absolute Gasteiger partial charge is 0.257 e. The minimum absolute atomic E-state index is 0.995. The van der Waals surface area contributed by atoms with Crippen molar-refractivity contribution in [3.8, 4) is 0 Å². The van der Waals surface area contributed by atoms with Crippen LogP contribution in [0, 0.1) is 0 Å². The summed E-state index contributed by atoms with van der Waals surface area (Å²) in [6, 6.07) is 0. The van der Waals surface area contributed by atoms with Gasteiger partial charge in [-0.15, -0.1) is 0 Å². The van der Waals surface area contributed by atoms with Crippen molar-refractivity contribution in [2.75, 3.05) is 5.75 Å². The van der Waals surface area contributed by atoms with E-state index in [1.807, 2.05) is 26.0 Å². The van der Waals surface area contributed by atoms with E-state index in [9.17, 15) is 0 Å². The summed E-state index contributed by atoms with van der Waals surface area (Å²) in [5.74, 6) is 0.995. The van der Waals surface area contributed by atoms with Crippen molar-refractivity contribution in [1.82, 2.24) is 2.52 Å². The molecule has 0 aromatic heterocycles. The van der Waals surface area contributed by atoms with Crippen LogP contribution in [0.2, 0.25) is 0 Å². The van der Waals surface area contributed by atoms with Crippen molar-refractivity contribution in [2.45, 2.75) is 27.2 Å². The highest BCUT2D eigenvalue weighted by molar-refractivity contribution is 14.1. The zero-order valence-electron chi connectivity index (χ0n) is 11.3. The fourth-order valence-electron chi connectivity index (χ4n) is 1.12. The van der Waals surface area contributed by atoms with Crippen LogP contribution in [0.1, 0.15) is 27.2 Å². The second-order valence-corrected chi connectivity index (χ2v) is 5.99. The molecule has 0 heterocycles. The third-order valence-electron chi connectivity index (χ3n) is 2.00. The average molecular weight is 375 g/mol. The lowest BCUT2D eigenvalue weighted by atomic mass is 10.3. The van der Waals surface area contributed by atoms with Crippen molar-refractivity contribution in [1.29, 1.82) is 0 Å². The van der Waals surface area contributed by atoms with E-state index < -0.39 is 0 Å². The molecule has 0 atom stereocenters. The molecule has 0 saturated heterocycles. The highest BCUT2D eigenvalue weighted by atomic mass is 127. The Morgan fingerprint density at radius 1 is 1.06 bits per heavy atom. The minimum Gasteiger partial charge on any atom is -0.257 e. The van der Waals surface area contributed by atoms with Crippen LogP contribution in [0.15, 0.2) is 60.4 Å². The summed E-state index contributed by atoms with van der Waals surface area (Å²) in [4.78, 5) is 0. The molecular formula is C15H22INS. The fourth-order valence-corrected chi connectivity index (χ4v) is 2.71. The molecular weight excluding hydrogens is 353 g/mol. The van der Waals surface area contributed by atoms with Gasteiger partial charge in [-0.05, 0) is 45.2 Å². The van der Waals surface area contributed by atoms with E-state index in [0.29, 0.717) is 0 Å². The van der Waals surface area contributed by atoms with Gasteiger partial charge in [-0.1, -0.05) is 48.6 Å². The van der Waals surface area contributed by atoms with Crippen LogP contribution in [0.25, 0.3) is 0 Å².